The van der Waals surface area contributed by atoms with Gasteiger partial charge in [0.05, 0.1) is 16.6 Å². The van der Waals surface area contributed by atoms with Gasteiger partial charge in [-0.3, -0.25) is 15.2 Å². The maximum atomic E-state index is 12.6. The summed E-state index contributed by atoms with van der Waals surface area (Å²) in [4.78, 5) is 24.6. The van der Waals surface area contributed by atoms with E-state index in [1.807, 2.05) is 54.6 Å². The number of pyridine rings is 1. The fraction of sp³-hybridized carbons (Fsp3) is 0. The summed E-state index contributed by atoms with van der Waals surface area (Å²) in [6.07, 6.45) is 1.80. The minimum absolute atomic E-state index is 0.202. The van der Waals surface area contributed by atoms with Crippen molar-refractivity contribution in [2.24, 2.45) is 0 Å². The van der Waals surface area contributed by atoms with Gasteiger partial charge in [-0.25, -0.2) is 4.98 Å². The molecule has 7 nitrogen and oxygen atoms in total. The number of para-hydroxylation sites is 2. The molecule has 0 atom stereocenters. The molecular weight excluding hydrogens is 340 g/mol. The van der Waals surface area contributed by atoms with Crippen molar-refractivity contribution in [2.75, 3.05) is 5.32 Å². The molecule has 0 saturated heterocycles. The predicted molar refractivity (Wildman–Crippen MR) is 103 cm³/mol. The van der Waals surface area contributed by atoms with Gasteiger partial charge >= 0.3 is 0 Å². The van der Waals surface area contributed by atoms with Gasteiger partial charge in [0.1, 0.15) is 5.69 Å². The van der Waals surface area contributed by atoms with Crippen LogP contribution >= 0.6 is 0 Å². The van der Waals surface area contributed by atoms with Crippen molar-refractivity contribution in [1.82, 2.24) is 25.1 Å². The van der Waals surface area contributed by atoms with Crippen LogP contribution in [-0.2, 0) is 0 Å². The number of hydrogen-bond acceptors (Lipinski definition) is 4. The molecule has 0 fully saturated rings. The second-order valence-electron chi connectivity index (χ2n) is 6.10. The van der Waals surface area contributed by atoms with Crippen LogP contribution < -0.4 is 5.32 Å². The Hall–Kier alpha value is -4.00. The van der Waals surface area contributed by atoms with Crippen molar-refractivity contribution in [3.8, 4) is 11.5 Å². The van der Waals surface area contributed by atoms with E-state index in [0.29, 0.717) is 17.1 Å². The van der Waals surface area contributed by atoms with Crippen LogP contribution in [-0.4, -0.2) is 31.1 Å². The number of carbonyl (C=O) groups excluding carboxylic acids is 1. The molecule has 7 heteroatoms. The molecule has 0 bridgehead atoms. The lowest BCUT2D eigenvalue weighted by Crippen LogP contribution is -2.13. The van der Waals surface area contributed by atoms with Crippen LogP contribution in [0.2, 0.25) is 0 Å². The number of fused-ring (bicyclic) bond motifs is 2. The summed E-state index contributed by atoms with van der Waals surface area (Å²) in [6.45, 7) is 0. The van der Waals surface area contributed by atoms with Gasteiger partial charge < -0.3 is 4.98 Å². The summed E-state index contributed by atoms with van der Waals surface area (Å²) < 4.78 is 0. The van der Waals surface area contributed by atoms with Crippen molar-refractivity contribution >= 4 is 33.7 Å². The number of anilines is 1. The van der Waals surface area contributed by atoms with Crippen molar-refractivity contribution in [3.63, 3.8) is 0 Å². The van der Waals surface area contributed by atoms with Crippen LogP contribution in [0.3, 0.4) is 0 Å². The topological polar surface area (TPSA) is 99.3 Å². The zero-order chi connectivity index (χ0) is 18.2. The van der Waals surface area contributed by atoms with Gasteiger partial charge in [-0.2, -0.15) is 4.98 Å². The van der Waals surface area contributed by atoms with Crippen molar-refractivity contribution in [3.05, 3.63) is 72.4 Å². The third-order valence-electron chi connectivity index (χ3n) is 4.38. The Kier molecular flexibility index (Phi) is 3.43. The van der Waals surface area contributed by atoms with Gasteiger partial charge in [0, 0.05) is 17.0 Å². The largest absolute Gasteiger partial charge is 0.361 e. The van der Waals surface area contributed by atoms with E-state index in [4.69, 9.17) is 0 Å². The average molecular weight is 354 g/mol. The molecule has 5 rings (SSSR count). The molecule has 130 valence electrons. The molecule has 0 unspecified atom stereocenters. The summed E-state index contributed by atoms with van der Waals surface area (Å²) in [7, 11) is 0. The quantitative estimate of drug-likeness (QED) is 0.459. The van der Waals surface area contributed by atoms with E-state index in [1.54, 1.807) is 12.3 Å². The lowest BCUT2D eigenvalue weighted by molar-refractivity contribution is 0.102. The molecule has 0 radical (unpaired) electrons. The molecule has 0 aliphatic rings. The SMILES string of the molecule is O=C(Nc1n[nH]c(-c2ccc3ccccc3n2)n1)c1cccc2cc[nH]c12. The van der Waals surface area contributed by atoms with E-state index in [2.05, 4.69) is 30.5 Å². The molecule has 3 heterocycles. The predicted octanol–water partition coefficient (Wildman–Crippen LogP) is 3.75. The summed E-state index contributed by atoms with van der Waals surface area (Å²) in [5.41, 5.74) is 2.85. The normalized spacial score (nSPS) is 11.1. The molecule has 5 aromatic rings. The molecule has 3 N–H and O–H groups in total. The molecule has 0 spiro atoms. The van der Waals surface area contributed by atoms with Crippen LogP contribution in [0.4, 0.5) is 5.95 Å². The summed E-state index contributed by atoms with van der Waals surface area (Å²) in [5, 5.41) is 11.7. The first-order valence-corrected chi connectivity index (χ1v) is 8.44. The molecule has 3 aromatic heterocycles. The second kappa shape index (κ2) is 6.06. The molecule has 1 amide bonds. The van der Waals surface area contributed by atoms with Crippen LogP contribution in [0.1, 0.15) is 10.4 Å². The Morgan fingerprint density at radius 2 is 1.78 bits per heavy atom. The number of benzene rings is 2. The third kappa shape index (κ3) is 2.71. The maximum Gasteiger partial charge on any atom is 0.260 e. The molecule has 27 heavy (non-hydrogen) atoms. The highest BCUT2D eigenvalue weighted by molar-refractivity contribution is 6.11. The fourth-order valence-electron chi connectivity index (χ4n) is 3.07. The standard InChI is InChI=1S/C20H14N6O/c27-19(14-6-3-5-13-10-11-21-17(13)14)24-20-23-18(25-26-20)16-9-8-12-4-1-2-7-15(12)22-16/h1-11,21H,(H2,23,24,25,26,27). The zero-order valence-corrected chi connectivity index (χ0v) is 14.1. The summed E-state index contributed by atoms with van der Waals surface area (Å²) >= 11 is 0. The first-order chi connectivity index (χ1) is 13.3. The summed E-state index contributed by atoms with van der Waals surface area (Å²) in [6, 6.07) is 19.1. The van der Waals surface area contributed by atoms with Crippen molar-refractivity contribution in [2.45, 2.75) is 0 Å². The van der Waals surface area contributed by atoms with Crippen LogP contribution in [0.25, 0.3) is 33.3 Å². The number of amides is 1. The van der Waals surface area contributed by atoms with Gasteiger partial charge in [0.25, 0.3) is 5.91 Å². The van der Waals surface area contributed by atoms with Crippen molar-refractivity contribution < 1.29 is 4.79 Å². The first kappa shape index (κ1) is 15.3. The Morgan fingerprint density at radius 3 is 2.74 bits per heavy atom. The number of aromatic nitrogens is 5. The molecular formula is C20H14N6O. The van der Waals surface area contributed by atoms with E-state index in [0.717, 1.165) is 21.8 Å². The Balaban J connectivity index is 1.43. The minimum atomic E-state index is -0.278. The van der Waals surface area contributed by atoms with Gasteiger partial charge in [0.2, 0.25) is 5.95 Å². The number of H-pyrrole nitrogens is 2. The van der Waals surface area contributed by atoms with E-state index < -0.39 is 0 Å². The number of hydrogen-bond donors (Lipinski definition) is 3. The lowest BCUT2D eigenvalue weighted by atomic mass is 10.1. The Morgan fingerprint density at radius 1 is 0.889 bits per heavy atom. The zero-order valence-electron chi connectivity index (χ0n) is 14.1. The first-order valence-electron chi connectivity index (χ1n) is 8.44. The highest BCUT2D eigenvalue weighted by Crippen LogP contribution is 2.20. The number of aromatic amines is 2. The Bertz CT molecular complexity index is 1290. The van der Waals surface area contributed by atoms with Crippen molar-refractivity contribution in [1.29, 1.82) is 0 Å². The van der Waals surface area contributed by atoms with Gasteiger partial charge in [0.15, 0.2) is 5.82 Å². The minimum Gasteiger partial charge on any atom is -0.361 e. The third-order valence-corrected chi connectivity index (χ3v) is 4.38. The van der Waals surface area contributed by atoms with Gasteiger partial charge in [-0.1, -0.05) is 36.4 Å². The smallest absolute Gasteiger partial charge is 0.260 e. The number of carbonyl (C=O) groups is 1. The van der Waals surface area contributed by atoms with Crippen LogP contribution in [0, 0.1) is 0 Å². The Labute approximate surface area is 153 Å². The number of nitrogens with zero attached hydrogens (tertiary/aromatic N) is 3. The van der Waals surface area contributed by atoms with E-state index in [9.17, 15) is 4.79 Å². The van der Waals surface area contributed by atoms with E-state index in [1.165, 1.54) is 0 Å². The average Bonchev–Trinajstić information content (AvgIpc) is 3.36. The highest BCUT2D eigenvalue weighted by atomic mass is 16.1. The highest BCUT2D eigenvalue weighted by Gasteiger charge is 2.14. The lowest BCUT2D eigenvalue weighted by Gasteiger charge is -2.02. The van der Waals surface area contributed by atoms with E-state index >= 15 is 0 Å². The molecule has 0 aliphatic heterocycles. The van der Waals surface area contributed by atoms with Crippen LogP contribution in [0.5, 0.6) is 0 Å². The number of rotatable bonds is 3. The maximum absolute atomic E-state index is 12.6. The summed E-state index contributed by atoms with van der Waals surface area (Å²) in [5.74, 6) is 0.419. The van der Waals surface area contributed by atoms with Gasteiger partial charge in [-0.05, 0) is 24.3 Å². The monoisotopic (exact) mass is 354 g/mol. The van der Waals surface area contributed by atoms with Gasteiger partial charge in [-0.15, -0.1) is 5.10 Å². The molecule has 0 saturated carbocycles. The number of nitrogens with one attached hydrogen (secondary N) is 3. The fourth-order valence-corrected chi connectivity index (χ4v) is 3.07. The molecule has 0 aliphatic carbocycles. The second-order valence-corrected chi connectivity index (χ2v) is 6.10. The molecule has 2 aromatic carbocycles. The van der Waals surface area contributed by atoms with Crippen LogP contribution in [0.15, 0.2) is 66.9 Å². The van der Waals surface area contributed by atoms with E-state index in [-0.39, 0.29) is 11.9 Å².